The molecule has 0 bridgehead atoms. The number of benzene rings is 1. The number of hydrogen-bond donors (Lipinski definition) is 1. The molecule has 18 heavy (non-hydrogen) atoms. The Morgan fingerprint density at radius 3 is 2.50 bits per heavy atom. The van der Waals surface area contributed by atoms with Crippen molar-refractivity contribution in [2.24, 2.45) is 7.05 Å². The molecule has 0 atom stereocenters. The number of aromatic nitrogens is 1. The van der Waals surface area contributed by atoms with Crippen molar-refractivity contribution >= 4 is 5.69 Å². The lowest BCUT2D eigenvalue weighted by Gasteiger charge is -2.08. The lowest BCUT2D eigenvalue weighted by atomic mass is 10.2. The predicted octanol–water partition coefficient (Wildman–Crippen LogP) is 3.53. The summed E-state index contributed by atoms with van der Waals surface area (Å²) in [7, 11) is 1.98. The van der Waals surface area contributed by atoms with Gasteiger partial charge in [-0.1, -0.05) is 0 Å². The van der Waals surface area contributed by atoms with Gasteiger partial charge in [0.1, 0.15) is 11.6 Å². The molecular weight excluding hydrogens is 234 g/mol. The average molecular weight is 250 g/mol. The molecule has 0 saturated heterocycles. The molecule has 0 saturated carbocycles. The first kappa shape index (κ1) is 12.6. The zero-order valence-electron chi connectivity index (χ0n) is 10.7. The molecule has 96 valence electrons. The van der Waals surface area contributed by atoms with Crippen molar-refractivity contribution in [1.82, 2.24) is 4.57 Å². The lowest BCUT2D eigenvalue weighted by molar-refractivity contribution is 0.602. The van der Waals surface area contributed by atoms with Gasteiger partial charge in [-0.15, -0.1) is 0 Å². The van der Waals surface area contributed by atoms with Gasteiger partial charge in [0.2, 0.25) is 0 Å². The summed E-state index contributed by atoms with van der Waals surface area (Å²) >= 11 is 0. The van der Waals surface area contributed by atoms with Gasteiger partial charge >= 0.3 is 0 Å². The molecule has 1 N–H and O–H groups in total. The molecule has 0 aliphatic heterocycles. The number of aryl methyl sites for hydroxylation is 1. The maximum absolute atomic E-state index is 13.4. The Bertz CT molecular complexity index is 573. The van der Waals surface area contributed by atoms with Crippen molar-refractivity contribution in [3.05, 3.63) is 52.9 Å². The summed E-state index contributed by atoms with van der Waals surface area (Å²) in [5.41, 5.74) is 3.54. The fraction of sp³-hybridized carbons (Fsp3) is 0.286. The van der Waals surface area contributed by atoms with Crippen molar-refractivity contribution in [2.45, 2.75) is 20.4 Å². The third-order valence-corrected chi connectivity index (χ3v) is 3.28. The van der Waals surface area contributed by atoms with Crippen molar-refractivity contribution in [3.63, 3.8) is 0 Å². The van der Waals surface area contributed by atoms with Crippen molar-refractivity contribution in [2.75, 3.05) is 5.32 Å². The fourth-order valence-corrected chi connectivity index (χ4v) is 1.94. The summed E-state index contributed by atoms with van der Waals surface area (Å²) in [6.07, 6.45) is 0. The Kier molecular flexibility index (Phi) is 3.36. The molecule has 1 aromatic heterocycles. The van der Waals surface area contributed by atoms with Gasteiger partial charge in [0.15, 0.2) is 0 Å². The van der Waals surface area contributed by atoms with E-state index in [0.29, 0.717) is 6.54 Å². The summed E-state index contributed by atoms with van der Waals surface area (Å²) in [5, 5.41) is 2.92. The van der Waals surface area contributed by atoms with Crippen LogP contribution in [-0.4, -0.2) is 4.57 Å². The zero-order valence-corrected chi connectivity index (χ0v) is 10.7. The average Bonchev–Trinajstić information content (AvgIpc) is 2.58. The molecule has 0 aliphatic carbocycles. The van der Waals surface area contributed by atoms with Crippen LogP contribution < -0.4 is 5.32 Å². The molecule has 0 fully saturated rings. The summed E-state index contributed by atoms with van der Waals surface area (Å²) in [4.78, 5) is 0. The van der Waals surface area contributed by atoms with Crippen LogP contribution in [0.15, 0.2) is 24.3 Å². The molecule has 0 unspecified atom stereocenters. The first-order valence-electron chi connectivity index (χ1n) is 5.79. The first-order chi connectivity index (χ1) is 8.49. The number of anilines is 1. The number of nitrogens with zero attached hydrogens (tertiary/aromatic N) is 1. The van der Waals surface area contributed by atoms with Crippen LogP contribution in [-0.2, 0) is 13.6 Å². The van der Waals surface area contributed by atoms with Crippen LogP contribution in [0, 0.1) is 25.5 Å². The Hall–Kier alpha value is -1.84. The molecule has 1 aromatic carbocycles. The molecule has 2 rings (SSSR count). The Balaban J connectivity index is 2.16. The molecule has 0 aliphatic rings. The SMILES string of the molecule is Cc1cc(CNc2cc(F)ccc2F)c(C)n1C. The van der Waals surface area contributed by atoms with E-state index in [1.807, 2.05) is 27.0 Å². The maximum atomic E-state index is 13.4. The van der Waals surface area contributed by atoms with E-state index in [1.165, 1.54) is 6.07 Å². The van der Waals surface area contributed by atoms with Gasteiger partial charge in [-0.2, -0.15) is 0 Å². The minimum Gasteiger partial charge on any atom is -0.378 e. The van der Waals surface area contributed by atoms with Gasteiger partial charge in [0, 0.05) is 25.0 Å². The van der Waals surface area contributed by atoms with E-state index in [-0.39, 0.29) is 5.69 Å². The Morgan fingerprint density at radius 1 is 1.17 bits per heavy atom. The van der Waals surface area contributed by atoms with Crippen LogP contribution in [0.1, 0.15) is 17.0 Å². The fourth-order valence-electron chi connectivity index (χ4n) is 1.94. The van der Waals surface area contributed by atoms with Crippen LogP contribution in [0.3, 0.4) is 0 Å². The number of hydrogen-bond acceptors (Lipinski definition) is 1. The predicted molar refractivity (Wildman–Crippen MR) is 68.6 cm³/mol. The maximum Gasteiger partial charge on any atom is 0.146 e. The van der Waals surface area contributed by atoms with E-state index in [1.54, 1.807) is 0 Å². The normalized spacial score (nSPS) is 10.7. The van der Waals surface area contributed by atoms with Gasteiger partial charge in [0.05, 0.1) is 5.69 Å². The third-order valence-electron chi connectivity index (χ3n) is 3.28. The zero-order chi connectivity index (χ0) is 13.3. The van der Waals surface area contributed by atoms with Crippen LogP contribution >= 0.6 is 0 Å². The number of halogens is 2. The molecule has 4 heteroatoms. The summed E-state index contributed by atoms with van der Waals surface area (Å²) in [5.74, 6) is -0.887. The molecule has 0 radical (unpaired) electrons. The second kappa shape index (κ2) is 4.80. The van der Waals surface area contributed by atoms with E-state index in [9.17, 15) is 8.78 Å². The minimum absolute atomic E-state index is 0.191. The summed E-state index contributed by atoms with van der Waals surface area (Å²) in [6, 6.07) is 5.44. The number of rotatable bonds is 3. The number of nitrogens with one attached hydrogen (secondary N) is 1. The van der Waals surface area contributed by atoms with Gasteiger partial charge in [-0.25, -0.2) is 8.78 Å². The van der Waals surface area contributed by atoms with Crippen LogP contribution in [0.25, 0.3) is 0 Å². The van der Waals surface area contributed by atoms with Gasteiger partial charge in [-0.05, 0) is 43.7 Å². The summed E-state index contributed by atoms with van der Waals surface area (Å²) in [6.45, 7) is 4.50. The van der Waals surface area contributed by atoms with E-state index in [0.717, 1.165) is 29.1 Å². The highest BCUT2D eigenvalue weighted by Crippen LogP contribution is 2.18. The topological polar surface area (TPSA) is 17.0 Å². The van der Waals surface area contributed by atoms with Crippen molar-refractivity contribution in [3.8, 4) is 0 Å². The monoisotopic (exact) mass is 250 g/mol. The molecular formula is C14H16F2N2. The minimum atomic E-state index is -0.445. The first-order valence-corrected chi connectivity index (χ1v) is 5.79. The summed E-state index contributed by atoms with van der Waals surface area (Å²) < 4.78 is 28.5. The van der Waals surface area contributed by atoms with Crippen LogP contribution in [0.2, 0.25) is 0 Å². The standard InChI is InChI=1S/C14H16F2N2/c1-9-6-11(10(2)18(9)3)8-17-14-7-12(15)4-5-13(14)16/h4-7,17H,8H2,1-3H3. The molecule has 1 heterocycles. The highest BCUT2D eigenvalue weighted by Gasteiger charge is 2.08. The Morgan fingerprint density at radius 2 is 1.89 bits per heavy atom. The van der Waals surface area contributed by atoms with Gasteiger partial charge < -0.3 is 9.88 Å². The smallest absolute Gasteiger partial charge is 0.146 e. The molecule has 0 amide bonds. The van der Waals surface area contributed by atoms with Gasteiger partial charge in [-0.3, -0.25) is 0 Å². The quantitative estimate of drug-likeness (QED) is 0.881. The molecule has 2 aromatic rings. The highest BCUT2D eigenvalue weighted by molar-refractivity contribution is 5.46. The van der Waals surface area contributed by atoms with Crippen molar-refractivity contribution < 1.29 is 8.78 Å². The second-order valence-electron chi connectivity index (χ2n) is 4.43. The second-order valence-corrected chi connectivity index (χ2v) is 4.43. The van der Waals surface area contributed by atoms with Crippen molar-refractivity contribution in [1.29, 1.82) is 0 Å². The van der Waals surface area contributed by atoms with E-state index >= 15 is 0 Å². The Labute approximate surface area is 105 Å². The highest BCUT2D eigenvalue weighted by atomic mass is 19.1. The largest absolute Gasteiger partial charge is 0.378 e. The van der Waals surface area contributed by atoms with Gasteiger partial charge in [0.25, 0.3) is 0 Å². The van der Waals surface area contributed by atoms with Crippen LogP contribution in [0.5, 0.6) is 0 Å². The third kappa shape index (κ3) is 2.37. The van der Waals surface area contributed by atoms with Crippen LogP contribution in [0.4, 0.5) is 14.5 Å². The van der Waals surface area contributed by atoms with E-state index < -0.39 is 11.6 Å². The van der Waals surface area contributed by atoms with E-state index in [4.69, 9.17) is 0 Å². The lowest BCUT2D eigenvalue weighted by Crippen LogP contribution is -2.03. The molecule has 0 spiro atoms. The van der Waals surface area contributed by atoms with E-state index in [2.05, 4.69) is 9.88 Å². The molecule has 2 nitrogen and oxygen atoms in total.